The average molecular weight is 631 g/mol. The number of carbonyl (C=O) groups excluding carboxylic acids is 2. The monoisotopic (exact) mass is 630 g/mol. The van der Waals surface area contributed by atoms with Gasteiger partial charge in [0, 0.05) is 49.0 Å². The van der Waals surface area contributed by atoms with Gasteiger partial charge >= 0.3 is 0 Å². The van der Waals surface area contributed by atoms with Crippen molar-refractivity contribution in [2.24, 2.45) is 5.41 Å². The largest absolute Gasteiger partial charge is 0.454 e. The minimum atomic E-state index is -0.764. The molecule has 0 radical (unpaired) electrons. The van der Waals surface area contributed by atoms with Gasteiger partial charge in [0.05, 0.1) is 5.69 Å². The van der Waals surface area contributed by atoms with Crippen LogP contribution in [0.15, 0.2) is 83.1 Å². The Morgan fingerprint density at radius 1 is 1.02 bits per heavy atom. The molecule has 4 heterocycles. The van der Waals surface area contributed by atoms with Crippen molar-refractivity contribution in [1.29, 1.82) is 0 Å². The molecule has 0 atom stereocenters. The van der Waals surface area contributed by atoms with Gasteiger partial charge in [0.25, 0.3) is 11.5 Å². The molecule has 0 aliphatic carbocycles. The smallest absolute Gasteiger partial charge is 0.269 e. The highest BCUT2D eigenvalue weighted by Crippen LogP contribution is 2.34. The first-order valence-corrected chi connectivity index (χ1v) is 15.1. The second-order valence-corrected chi connectivity index (χ2v) is 12.0. The van der Waals surface area contributed by atoms with E-state index in [9.17, 15) is 18.8 Å². The number of hydrogen-bond donors (Lipinski definition) is 2. The van der Waals surface area contributed by atoms with Gasteiger partial charge in [-0.1, -0.05) is 6.92 Å². The third-order valence-corrected chi connectivity index (χ3v) is 8.56. The Morgan fingerprint density at radius 3 is 2.56 bits per heavy atom. The van der Waals surface area contributed by atoms with E-state index in [0.29, 0.717) is 35.5 Å². The van der Waals surface area contributed by atoms with Gasteiger partial charge < -0.3 is 20.1 Å². The lowest BCUT2D eigenvalue weighted by molar-refractivity contribution is -0.119. The number of anilines is 2. The van der Waals surface area contributed by atoms with Crippen LogP contribution in [0.1, 0.15) is 36.5 Å². The quantitative estimate of drug-likeness (QED) is 0.193. The molecule has 1 saturated heterocycles. The Labute approximate surface area is 260 Å². The second kappa shape index (κ2) is 12.6. The van der Waals surface area contributed by atoms with Crippen molar-refractivity contribution in [2.45, 2.75) is 26.2 Å². The SMILES string of the molecule is CC1(CC(=O)Nc2cc(Oc3ccc(NC(=O)c4cc5ccsc5n(-c5ccc(F)cc5)c4=O)cc3F)ccn2)CCOCC1. The maximum atomic E-state index is 15.1. The van der Waals surface area contributed by atoms with Crippen molar-refractivity contribution in [3.8, 4) is 17.2 Å². The molecule has 0 bridgehead atoms. The van der Waals surface area contributed by atoms with E-state index >= 15 is 4.39 Å². The molecule has 0 unspecified atom stereocenters. The molecule has 12 heteroatoms. The summed E-state index contributed by atoms with van der Waals surface area (Å²) in [5.74, 6) is -1.74. The maximum absolute atomic E-state index is 15.1. The van der Waals surface area contributed by atoms with Crippen molar-refractivity contribution >= 4 is 44.9 Å². The Morgan fingerprint density at radius 2 is 1.80 bits per heavy atom. The van der Waals surface area contributed by atoms with Gasteiger partial charge in [-0.3, -0.25) is 19.0 Å². The van der Waals surface area contributed by atoms with Gasteiger partial charge in [0.1, 0.15) is 27.8 Å². The van der Waals surface area contributed by atoms with E-state index in [-0.39, 0.29) is 39.9 Å². The number of hydrogen-bond acceptors (Lipinski definition) is 7. The summed E-state index contributed by atoms with van der Waals surface area (Å²) in [7, 11) is 0. The number of carbonyl (C=O) groups is 2. The normalized spacial score (nSPS) is 14.2. The Hall–Kier alpha value is -4.94. The fourth-order valence-electron chi connectivity index (χ4n) is 5.17. The zero-order chi connectivity index (χ0) is 31.6. The van der Waals surface area contributed by atoms with Gasteiger partial charge in [0.15, 0.2) is 11.6 Å². The van der Waals surface area contributed by atoms with Crippen LogP contribution in [0.25, 0.3) is 15.9 Å². The predicted octanol–water partition coefficient (Wildman–Crippen LogP) is 6.92. The third kappa shape index (κ3) is 6.76. The van der Waals surface area contributed by atoms with Gasteiger partial charge in [-0.05, 0) is 78.2 Å². The summed E-state index contributed by atoms with van der Waals surface area (Å²) in [6.45, 7) is 3.31. The molecule has 0 saturated carbocycles. The van der Waals surface area contributed by atoms with Crippen LogP contribution in [0.3, 0.4) is 0 Å². The molecule has 1 aliphatic heterocycles. The predicted molar refractivity (Wildman–Crippen MR) is 167 cm³/mol. The number of rotatable bonds is 8. The Bertz CT molecular complexity index is 1950. The van der Waals surface area contributed by atoms with E-state index in [1.54, 1.807) is 11.4 Å². The summed E-state index contributed by atoms with van der Waals surface area (Å²) < 4.78 is 41.1. The highest BCUT2D eigenvalue weighted by Gasteiger charge is 2.30. The van der Waals surface area contributed by atoms with E-state index < -0.39 is 23.1 Å². The van der Waals surface area contributed by atoms with Crippen molar-refractivity contribution < 1.29 is 27.8 Å². The molecule has 2 aromatic carbocycles. The van der Waals surface area contributed by atoms with E-state index in [1.165, 1.54) is 76.7 Å². The van der Waals surface area contributed by atoms with Crippen LogP contribution in [0, 0.1) is 17.0 Å². The van der Waals surface area contributed by atoms with Gasteiger partial charge in [-0.2, -0.15) is 0 Å². The van der Waals surface area contributed by atoms with Crippen molar-refractivity contribution in [2.75, 3.05) is 23.8 Å². The molecule has 45 heavy (non-hydrogen) atoms. The number of thiophene rings is 1. The van der Waals surface area contributed by atoms with Crippen LogP contribution in [-0.4, -0.2) is 34.6 Å². The molecule has 2 N–H and O–H groups in total. The number of pyridine rings is 2. The van der Waals surface area contributed by atoms with Gasteiger partial charge in [-0.15, -0.1) is 11.3 Å². The van der Waals surface area contributed by atoms with Crippen LogP contribution in [0.4, 0.5) is 20.3 Å². The van der Waals surface area contributed by atoms with Crippen LogP contribution in [0.2, 0.25) is 0 Å². The zero-order valence-electron chi connectivity index (χ0n) is 24.1. The maximum Gasteiger partial charge on any atom is 0.269 e. The molecule has 3 aromatic heterocycles. The lowest BCUT2D eigenvalue weighted by Gasteiger charge is -2.32. The van der Waals surface area contributed by atoms with Gasteiger partial charge in [0.2, 0.25) is 5.91 Å². The van der Waals surface area contributed by atoms with Crippen LogP contribution >= 0.6 is 11.3 Å². The van der Waals surface area contributed by atoms with Crippen LogP contribution in [0.5, 0.6) is 11.5 Å². The van der Waals surface area contributed by atoms with Crippen molar-refractivity contribution in [3.05, 3.63) is 106 Å². The molecule has 230 valence electrons. The summed E-state index contributed by atoms with van der Waals surface area (Å²) in [6, 6.07) is 15.5. The first-order chi connectivity index (χ1) is 21.7. The second-order valence-electron chi connectivity index (χ2n) is 11.1. The zero-order valence-corrected chi connectivity index (χ0v) is 25.0. The molecule has 1 fully saturated rings. The van der Waals surface area contributed by atoms with Crippen LogP contribution in [-0.2, 0) is 9.53 Å². The summed E-state index contributed by atoms with van der Waals surface area (Å²) in [5, 5.41) is 7.78. The van der Waals surface area contributed by atoms with E-state index in [1.807, 2.05) is 0 Å². The summed E-state index contributed by atoms with van der Waals surface area (Å²) >= 11 is 1.31. The molecular formula is C33H28F2N4O5S. The number of amides is 2. The average Bonchev–Trinajstić information content (AvgIpc) is 3.47. The molecule has 5 aromatic rings. The fourth-order valence-corrected chi connectivity index (χ4v) is 6.07. The lowest BCUT2D eigenvalue weighted by atomic mass is 9.79. The molecule has 9 nitrogen and oxygen atoms in total. The minimum Gasteiger partial charge on any atom is -0.454 e. The Balaban J connectivity index is 1.15. The fraction of sp³-hybridized carbons (Fsp3) is 0.212. The highest BCUT2D eigenvalue weighted by atomic mass is 32.1. The van der Waals surface area contributed by atoms with E-state index in [4.69, 9.17) is 9.47 Å². The first-order valence-electron chi connectivity index (χ1n) is 14.2. The van der Waals surface area contributed by atoms with E-state index in [0.717, 1.165) is 18.9 Å². The number of aromatic nitrogens is 2. The number of nitrogens with zero attached hydrogens (tertiary/aromatic N) is 2. The molecule has 2 amide bonds. The lowest BCUT2D eigenvalue weighted by Crippen LogP contribution is -2.31. The summed E-state index contributed by atoms with van der Waals surface area (Å²) in [6.07, 6.45) is 3.36. The number of fused-ring (bicyclic) bond motifs is 1. The number of benzene rings is 2. The molecular weight excluding hydrogens is 602 g/mol. The first kappa shape index (κ1) is 30.1. The molecule has 6 rings (SSSR count). The van der Waals surface area contributed by atoms with Crippen LogP contribution < -0.4 is 20.9 Å². The topological polar surface area (TPSA) is 112 Å². The highest BCUT2D eigenvalue weighted by molar-refractivity contribution is 7.16. The number of nitrogens with one attached hydrogen (secondary N) is 2. The van der Waals surface area contributed by atoms with E-state index in [2.05, 4.69) is 22.5 Å². The third-order valence-electron chi connectivity index (χ3n) is 7.64. The van der Waals surface area contributed by atoms with Crippen molar-refractivity contribution in [3.63, 3.8) is 0 Å². The standard InChI is InChI=1S/C33H28F2N4O5S/c1-33(10-13-43-14-11-33)19-29(40)38-28-18-24(8-12-36-28)44-27-7-4-22(17-26(27)35)37-30(41)25-16-20-9-15-45-32(20)39(31(25)42)23-5-2-21(34)3-6-23/h2-9,12,15-18H,10-11,13-14,19H2,1H3,(H,37,41)(H,36,38,40). The minimum absolute atomic E-state index is 0.104. The number of ether oxygens (including phenoxy) is 2. The summed E-state index contributed by atoms with van der Waals surface area (Å²) in [4.78, 5) is 44.0. The Kier molecular flexibility index (Phi) is 8.42. The van der Waals surface area contributed by atoms with Crippen molar-refractivity contribution in [1.82, 2.24) is 9.55 Å². The number of halogens is 2. The van der Waals surface area contributed by atoms with Gasteiger partial charge in [-0.25, -0.2) is 13.8 Å². The molecule has 0 spiro atoms. The summed E-state index contributed by atoms with van der Waals surface area (Å²) in [5.41, 5.74) is -0.400. The molecule has 1 aliphatic rings.